The Kier molecular flexibility index (Phi) is 8.38. The van der Waals surface area contributed by atoms with Gasteiger partial charge < -0.3 is 21.4 Å². The number of nitrogens with two attached hydrogens (primary N) is 1. The summed E-state index contributed by atoms with van der Waals surface area (Å²) in [6, 6.07) is 16.8. The number of carbonyl (C=O) groups is 2. The highest BCUT2D eigenvalue weighted by Gasteiger charge is 2.18. The summed E-state index contributed by atoms with van der Waals surface area (Å²) < 4.78 is 0. The van der Waals surface area contributed by atoms with Gasteiger partial charge in [0.15, 0.2) is 5.95 Å². The Morgan fingerprint density at radius 1 is 0.919 bits per heavy atom. The van der Waals surface area contributed by atoms with Crippen LogP contribution in [-0.2, 0) is 0 Å². The number of hydrogen-bond donors (Lipinski definition) is 4. The van der Waals surface area contributed by atoms with Crippen molar-refractivity contribution in [2.24, 2.45) is 5.41 Å². The molecule has 194 valence electrons. The van der Waals surface area contributed by atoms with E-state index in [1.165, 1.54) is 0 Å². The van der Waals surface area contributed by atoms with Crippen LogP contribution in [0.3, 0.4) is 0 Å². The number of aromatic amines is 1. The first-order valence-electron chi connectivity index (χ1n) is 12.6. The summed E-state index contributed by atoms with van der Waals surface area (Å²) in [7, 11) is 0. The van der Waals surface area contributed by atoms with E-state index in [4.69, 9.17) is 5.73 Å². The molecule has 1 heterocycles. The van der Waals surface area contributed by atoms with Gasteiger partial charge in [-0.2, -0.15) is 0 Å². The highest BCUT2D eigenvalue weighted by molar-refractivity contribution is 6.09. The molecule has 0 radical (unpaired) electrons. The largest absolute Gasteiger partial charge is 0.369 e. The Labute approximate surface area is 218 Å². The number of nitrogens with zero attached hydrogens (tertiary/aromatic N) is 1. The minimum absolute atomic E-state index is 0.00331. The van der Waals surface area contributed by atoms with Crippen molar-refractivity contribution in [1.82, 2.24) is 15.3 Å². The SMILES string of the molecule is CC.Cc1ccc(-c2ccc(C(=O)NCC(C)(C)C)cc2C)c(C(=O)Nc2ccc3nc(N)[nH]c3c2)c1. The fourth-order valence-electron chi connectivity index (χ4n) is 3.94. The lowest BCUT2D eigenvalue weighted by Crippen LogP contribution is -2.32. The third kappa shape index (κ3) is 6.76. The van der Waals surface area contributed by atoms with Crippen LogP contribution in [0.25, 0.3) is 22.2 Å². The minimum atomic E-state index is -0.220. The maximum absolute atomic E-state index is 13.3. The monoisotopic (exact) mass is 499 g/mol. The zero-order valence-corrected chi connectivity index (χ0v) is 22.7. The van der Waals surface area contributed by atoms with Gasteiger partial charge in [-0.05, 0) is 72.4 Å². The minimum Gasteiger partial charge on any atom is -0.369 e. The maximum Gasteiger partial charge on any atom is 0.256 e. The van der Waals surface area contributed by atoms with E-state index in [1.807, 2.05) is 70.2 Å². The number of nitrogen functional groups attached to an aromatic ring is 1. The summed E-state index contributed by atoms with van der Waals surface area (Å²) in [6.07, 6.45) is 0. The number of hydrogen-bond acceptors (Lipinski definition) is 4. The number of benzene rings is 3. The lowest BCUT2D eigenvalue weighted by atomic mass is 9.92. The number of H-pyrrole nitrogens is 1. The third-order valence-electron chi connectivity index (χ3n) is 5.74. The normalized spacial score (nSPS) is 11.0. The second-order valence-electron chi connectivity index (χ2n) is 10.1. The van der Waals surface area contributed by atoms with Crippen molar-refractivity contribution in [3.05, 3.63) is 76.9 Å². The molecule has 5 N–H and O–H groups in total. The Morgan fingerprint density at radius 2 is 1.62 bits per heavy atom. The summed E-state index contributed by atoms with van der Waals surface area (Å²) in [5.74, 6) is 0.00340. The molecule has 7 nitrogen and oxygen atoms in total. The van der Waals surface area contributed by atoms with Crippen molar-refractivity contribution in [1.29, 1.82) is 0 Å². The highest BCUT2D eigenvalue weighted by Crippen LogP contribution is 2.30. The predicted octanol–water partition coefficient (Wildman–Crippen LogP) is 6.48. The fourth-order valence-corrected chi connectivity index (χ4v) is 3.94. The summed E-state index contributed by atoms with van der Waals surface area (Å²) in [5, 5.41) is 5.97. The van der Waals surface area contributed by atoms with Gasteiger partial charge in [0, 0.05) is 23.4 Å². The molecule has 7 heteroatoms. The standard InChI is InChI=1S/C28H31N5O2.C2H6/c1-16-6-9-21(20-10-7-18(13-17(20)2)25(34)30-15-28(3,4)5)22(12-16)26(35)31-19-8-11-23-24(14-19)33-27(29)32-23;1-2/h6-14H,15H2,1-5H3,(H,30,34)(H,31,35)(H3,29,32,33);1-2H3. The van der Waals surface area contributed by atoms with Crippen molar-refractivity contribution < 1.29 is 9.59 Å². The first-order chi connectivity index (χ1) is 17.5. The molecule has 0 bridgehead atoms. The lowest BCUT2D eigenvalue weighted by Gasteiger charge is -2.19. The highest BCUT2D eigenvalue weighted by atomic mass is 16.2. The van der Waals surface area contributed by atoms with E-state index >= 15 is 0 Å². The molecule has 0 aliphatic carbocycles. The van der Waals surface area contributed by atoms with Crippen molar-refractivity contribution in [3.63, 3.8) is 0 Å². The average Bonchev–Trinajstić information content (AvgIpc) is 3.22. The number of nitrogens with one attached hydrogen (secondary N) is 3. The Balaban J connectivity index is 0.00000186. The molecule has 0 aliphatic rings. The first-order valence-corrected chi connectivity index (χ1v) is 12.6. The number of carbonyl (C=O) groups excluding carboxylic acids is 2. The quantitative estimate of drug-likeness (QED) is 0.251. The number of aromatic nitrogens is 2. The zero-order valence-electron chi connectivity index (χ0n) is 22.7. The van der Waals surface area contributed by atoms with Crippen LogP contribution < -0.4 is 16.4 Å². The van der Waals surface area contributed by atoms with Gasteiger partial charge in [0.1, 0.15) is 0 Å². The smallest absolute Gasteiger partial charge is 0.256 e. The lowest BCUT2D eigenvalue weighted by molar-refractivity contribution is 0.0938. The van der Waals surface area contributed by atoms with E-state index < -0.39 is 0 Å². The van der Waals surface area contributed by atoms with Crippen LogP contribution in [0.4, 0.5) is 11.6 Å². The van der Waals surface area contributed by atoms with Gasteiger partial charge in [0.2, 0.25) is 0 Å². The Morgan fingerprint density at radius 3 is 2.30 bits per heavy atom. The van der Waals surface area contributed by atoms with Crippen LogP contribution in [0, 0.1) is 19.3 Å². The van der Waals surface area contributed by atoms with Crippen molar-refractivity contribution >= 4 is 34.5 Å². The second kappa shape index (κ2) is 11.3. The molecular weight excluding hydrogens is 462 g/mol. The second-order valence-corrected chi connectivity index (χ2v) is 10.1. The molecule has 0 unspecified atom stereocenters. The molecule has 2 amide bonds. The van der Waals surface area contributed by atoms with Crippen LogP contribution in [0.5, 0.6) is 0 Å². The molecule has 0 atom stereocenters. The van der Waals surface area contributed by atoms with Crippen molar-refractivity contribution in [2.75, 3.05) is 17.6 Å². The number of fused-ring (bicyclic) bond motifs is 1. The zero-order chi connectivity index (χ0) is 27.3. The van der Waals surface area contributed by atoms with Crippen molar-refractivity contribution in [3.8, 4) is 11.1 Å². The fraction of sp³-hybridized carbons (Fsp3) is 0.300. The van der Waals surface area contributed by atoms with Crippen LogP contribution >= 0.6 is 0 Å². The van der Waals surface area contributed by atoms with Gasteiger partial charge in [-0.3, -0.25) is 9.59 Å². The third-order valence-corrected chi connectivity index (χ3v) is 5.74. The number of rotatable bonds is 5. The van der Waals surface area contributed by atoms with Crippen LogP contribution in [-0.4, -0.2) is 28.3 Å². The van der Waals surface area contributed by atoms with E-state index in [1.54, 1.807) is 12.1 Å². The van der Waals surface area contributed by atoms with E-state index in [0.29, 0.717) is 29.3 Å². The molecular formula is C30H37N5O2. The number of aryl methyl sites for hydroxylation is 2. The first kappa shape index (κ1) is 27.5. The topological polar surface area (TPSA) is 113 Å². The molecule has 4 rings (SSSR count). The van der Waals surface area contributed by atoms with Gasteiger partial charge in [-0.1, -0.05) is 58.4 Å². The Bertz CT molecular complexity index is 1430. The molecule has 3 aromatic carbocycles. The number of anilines is 2. The summed E-state index contributed by atoms with van der Waals surface area (Å²) >= 11 is 0. The number of imidazole rings is 1. The van der Waals surface area contributed by atoms with Crippen molar-refractivity contribution in [2.45, 2.75) is 48.5 Å². The van der Waals surface area contributed by atoms with Crippen LogP contribution in [0.1, 0.15) is 66.5 Å². The van der Waals surface area contributed by atoms with E-state index in [-0.39, 0.29) is 17.2 Å². The van der Waals surface area contributed by atoms with Gasteiger partial charge >= 0.3 is 0 Å². The molecule has 0 spiro atoms. The molecule has 0 aliphatic heterocycles. The van der Waals surface area contributed by atoms with Gasteiger partial charge in [0.25, 0.3) is 11.8 Å². The molecule has 4 aromatic rings. The van der Waals surface area contributed by atoms with E-state index in [9.17, 15) is 9.59 Å². The van der Waals surface area contributed by atoms with E-state index in [2.05, 4.69) is 41.4 Å². The molecule has 0 fully saturated rings. The molecule has 0 saturated heterocycles. The summed E-state index contributed by atoms with van der Waals surface area (Å²) in [5.41, 5.74) is 12.6. The number of amides is 2. The van der Waals surface area contributed by atoms with Crippen LogP contribution in [0.15, 0.2) is 54.6 Å². The summed E-state index contributed by atoms with van der Waals surface area (Å²) in [6.45, 7) is 14.7. The van der Waals surface area contributed by atoms with Crippen LogP contribution in [0.2, 0.25) is 0 Å². The summed E-state index contributed by atoms with van der Waals surface area (Å²) in [4.78, 5) is 33.1. The van der Waals surface area contributed by atoms with Gasteiger partial charge in [-0.15, -0.1) is 0 Å². The van der Waals surface area contributed by atoms with Gasteiger partial charge in [0.05, 0.1) is 11.0 Å². The molecule has 0 saturated carbocycles. The Hall–Kier alpha value is -4.13. The average molecular weight is 500 g/mol. The predicted molar refractivity (Wildman–Crippen MR) is 153 cm³/mol. The maximum atomic E-state index is 13.3. The van der Waals surface area contributed by atoms with E-state index in [0.717, 1.165) is 33.3 Å². The molecule has 37 heavy (non-hydrogen) atoms. The molecule has 1 aromatic heterocycles. The van der Waals surface area contributed by atoms with Gasteiger partial charge in [-0.25, -0.2) is 4.98 Å².